The van der Waals surface area contributed by atoms with Gasteiger partial charge in [0.2, 0.25) is 0 Å². The van der Waals surface area contributed by atoms with Crippen LogP contribution in [0.5, 0.6) is 0 Å². The molecule has 2 aromatic rings. The van der Waals surface area contributed by atoms with E-state index in [4.69, 9.17) is 0 Å². The minimum atomic E-state index is 0.448. The van der Waals surface area contributed by atoms with E-state index in [0.29, 0.717) is 6.04 Å². The first kappa shape index (κ1) is 14.0. The smallest absolute Gasteiger partial charge is 0.0519 e. The van der Waals surface area contributed by atoms with Crippen LogP contribution < -0.4 is 10.2 Å². The Morgan fingerprint density at radius 3 is 2.57 bits per heavy atom. The standard InChI is InChI=1S/C19H24N2/c1-13-5-6-15-7-9-19(17(15)11-13)20-18-10-8-16(21(3)4)12-14(18)2/h5-6,8,10-12,19-20H,7,9H2,1-4H3. The zero-order chi connectivity index (χ0) is 15.0. The van der Waals surface area contributed by atoms with E-state index in [1.165, 1.54) is 46.5 Å². The highest BCUT2D eigenvalue weighted by atomic mass is 15.1. The number of hydrogen-bond acceptors (Lipinski definition) is 2. The fraction of sp³-hybridized carbons (Fsp3) is 0.368. The van der Waals surface area contributed by atoms with E-state index in [-0.39, 0.29) is 0 Å². The van der Waals surface area contributed by atoms with Gasteiger partial charge < -0.3 is 10.2 Å². The van der Waals surface area contributed by atoms with E-state index >= 15 is 0 Å². The Labute approximate surface area is 127 Å². The Morgan fingerprint density at radius 1 is 1.05 bits per heavy atom. The van der Waals surface area contributed by atoms with Crippen LogP contribution in [0.3, 0.4) is 0 Å². The molecule has 3 rings (SSSR count). The normalized spacial score (nSPS) is 16.7. The molecule has 2 nitrogen and oxygen atoms in total. The molecule has 0 heterocycles. The number of nitrogens with zero attached hydrogens (tertiary/aromatic N) is 1. The quantitative estimate of drug-likeness (QED) is 0.892. The molecule has 1 unspecified atom stereocenters. The average Bonchev–Trinajstić information content (AvgIpc) is 2.83. The molecule has 1 aliphatic carbocycles. The van der Waals surface area contributed by atoms with E-state index in [9.17, 15) is 0 Å². The number of fused-ring (bicyclic) bond motifs is 1. The van der Waals surface area contributed by atoms with E-state index in [2.05, 4.69) is 74.6 Å². The summed E-state index contributed by atoms with van der Waals surface area (Å²) in [5.74, 6) is 0. The van der Waals surface area contributed by atoms with Crippen molar-refractivity contribution < 1.29 is 0 Å². The fourth-order valence-electron chi connectivity index (χ4n) is 3.15. The van der Waals surface area contributed by atoms with Crippen LogP contribution >= 0.6 is 0 Å². The van der Waals surface area contributed by atoms with Crippen molar-refractivity contribution in [3.63, 3.8) is 0 Å². The number of hydrogen-bond donors (Lipinski definition) is 1. The van der Waals surface area contributed by atoms with Crippen LogP contribution in [0.4, 0.5) is 11.4 Å². The van der Waals surface area contributed by atoms with Gasteiger partial charge in [0.05, 0.1) is 6.04 Å². The lowest BCUT2D eigenvalue weighted by Crippen LogP contribution is -2.11. The molecule has 1 aliphatic rings. The Hall–Kier alpha value is -1.96. The molecule has 1 atom stereocenters. The highest BCUT2D eigenvalue weighted by Crippen LogP contribution is 2.35. The van der Waals surface area contributed by atoms with Crippen LogP contribution in [0.15, 0.2) is 36.4 Å². The third-order valence-electron chi connectivity index (χ3n) is 4.44. The van der Waals surface area contributed by atoms with Gasteiger partial charge in [-0.1, -0.05) is 23.8 Å². The first-order valence-electron chi connectivity index (χ1n) is 7.68. The Morgan fingerprint density at radius 2 is 1.86 bits per heavy atom. The molecule has 0 aliphatic heterocycles. The minimum absolute atomic E-state index is 0.448. The summed E-state index contributed by atoms with van der Waals surface area (Å²) in [4.78, 5) is 2.14. The van der Waals surface area contributed by atoms with E-state index in [0.717, 1.165) is 0 Å². The molecule has 0 fully saturated rings. The third-order valence-corrected chi connectivity index (χ3v) is 4.44. The van der Waals surface area contributed by atoms with E-state index in [1.54, 1.807) is 0 Å². The van der Waals surface area contributed by atoms with Crippen molar-refractivity contribution in [1.29, 1.82) is 0 Å². The number of benzene rings is 2. The van der Waals surface area contributed by atoms with Crippen LogP contribution in [0.1, 0.15) is 34.7 Å². The molecular formula is C19H24N2. The van der Waals surface area contributed by atoms with Crippen LogP contribution in [-0.2, 0) is 6.42 Å². The van der Waals surface area contributed by atoms with Gasteiger partial charge in [-0.05, 0) is 61.6 Å². The number of aryl methyl sites for hydroxylation is 3. The highest BCUT2D eigenvalue weighted by Gasteiger charge is 2.22. The fourth-order valence-corrected chi connectivity index (χ4v) is 3.15. The summed E-state index contributed by atoms with van der Waals surface area (Å²) in [6.07, 6.45) is 2.37. The van der Waals surface area contributed by atoms with Gasteiger partial charge in [-0.2, -0.15) is 0 Å². The first-order valence-corrected chi connectivity index (χ1v) is 7.68. The van der Waals surface area contributed by atoms with Gasteiger partial charge in [-0.25, -0.2) is 0 Å². The maximum Gasteiger partial charge on any atom is 0.0519 e. The number of anilines is 2. The Kier molecular flexibility index (Phi) is 3.62. The lowest BCUT2D eigenvalue weighted by molar-refractivity contribution is 0.761. The molecule has 1 N–H and O–H groups in total. The Bertz CT molecular complexity index is 659. The summed E-state index contributed by atoms with van der Waals surface area (Å²) in [5, 5.41) is 3.74. The molecule has 110 valence electrons. The molecule has 2 heteroatoms. The molecule has 21 heavy (non-hydrogen) atoms. The summed E-state index contributed by atoms with van der Waals surface area (Å²) in [7, 11) is 4.16. The Balaban J connectivity index is 1.84. The van der Waals surface area contributed by atoms with Crippen molar-refractivity contribution in [1.82, 2.24) is 0 Å². The molecule has 2 aromatic carbocycles. The zero-order valence-corrected chi connectivity index (χ0v) is 13.4. The van der Waals surface area contributed by atoms with Gasteiger partial charge in [-0.15, -0.1) is 0 Å². The van der Waals surface area contributed by atoms with E-state index < -0.39 is 0 Å². The van der Waals surface area contributed by atoms with Crippen LogP contribution in [0.25, 0.3) is 0 Å². The average molecular weight is 280 g/mol. The van der Waals surface area contributed by atoms with Gasteiger partial charge in [0, 0.05) is 25.5 Å². The highest BCUT2D eigenvalue weighted by molar-refractivity contribution is 5.61. The van der Waals surface area contributed by atoms with Crippen molar-refractivity contribution in [2.45, 2.75) is 32.7 Å². The number of nitrogens with one attached hydrogen (secondary N) is 1. The summed E-state index contributed by atoms with van der Waals surface area (Å²) in [6, 6.07) is 13.9. The molecule has 0 saturated heterocycles. The molecule has 0 amide bonds. The first-order chi connectivity index (χ1) is 10.0. The predicted octanol–water partition coefficient (Wildman–Crippen LogP) is 4.47. The third kappa shape index (κ3) is 2.76. The molecule has 0 bridgehead atoms. The van der Waals surface area contributed by atoms with Crippen molar-refractivity contribution in [3.8, 4) is 0 Å². The van der Waals surface area contributed by atoms with Crippen LogP contribution in [0, 0.1) is 13.8 Å². The SMILES string of the molecule is Cc1ccc2c(c1)C(Nc1ccc(N(C)C)cc1C)CC2. The molecule has 0 radical (unpaired) electrons. The van der Waals surface area contributed by atoms with Crippen molar-refractivity contribution in [2.24, 2.45) is 0 Å². The second kappa shape index (κ2) is 5.44. The predicted molar refractivity (Wildman–Crippen MR) is 91.4 cm³/mol. The second-order valence-corrected chi connectivity index (χ2v) is 6.33. The molecule has 0 aromatic heterocycles. The molecule has 0 saturated carbocycles. The molecular weight excluding hydrogens is 256 g/mol. The van der Waals surface area contributed by atoms with Gasteiger partial charge in [-0.3, -0.25) is 0 Å². The van der Waals surface area contributed by atoms with Crippen molar-refractivity contribution >= 4 is 11.4 Å². The summed E-state index contributed by atoms with van der Waals surface area (Å²) in [5.41, 5.74) is 8.14. The monoisotopic (exact) mass is 280 g/mol. The van der Waals surface area contributed by atoms with Gasteiger partial charge >= 0.3 is 0 Å². The topological polar surface area (TPSA) is 15.3 Å². The summed E-state index contributed by atoms with van der Waals surface area (Å²) >= 11 is 0. The van der Waals surface area contributed by atoms with Gasteiger partial charge in [0.15, 0.2) is 0 Å². The summed E-state index contributed by atoms with van der Waals surface area (Å²) in [6.45, 7) is 4.36. The lowest BCUT2D eigenvalue weighted by Gasteiger charge is -2.20. The summed E-state index contributed by atoms with van der Waals surface area (Å²) < 4.78 is 0. The van der Waals surface area contributed by atoms with Gasteiger partial charge in [0.1, 0.15) is 0 Å². The van der Waals surface area contributed by atoms with Crippen LogP contribution in [-0.4, -0.2) is 14.1 Å². The number of rotatable bonds is 3. The van der Waals surface area contributed by atoms with Gasteiger partial charge in [0.25, 0.3) is 0 Å². The van der Waals surface area contributed by atoms with Crippen LogP contribution in [0.2, 0.25) is 0 Å². The zero-order valence-electron chi connectivity index (χ0n) is 13.4. The lowest BCUT2D eigenvalue weighted by atomic mass is 10.0. The van der Waals surface area contributed by atoms with E-state index in [1.807, 2.05) is 0 Å². The minimum Gasteiger partial charge on any atom is -0.378 e. The van der Waals surface area contributed by atoms with Crippen molar-refractivity contribution in [3.05, 3.63) is 58.7 Å². The van der Waals surface area contributed by atoms with Crippen molar-refractivity contribution in [2.75, 3.05) is 24.3 Å². The maximum atomic E-state index is 3.74. The second-order valence-electron chi connectivity index (χ2n) is 6.33. The molecule has 0 spiro atoms. The maximum absolute atomic E-state index is 3.74. The largest absolute Gasteiger partial charge is 0.378 e.